The molecule has 6 heteroatoms. The number of carbonyl (C=O) groups excluding carboxylic acids is 2. The van der Waals surface area contributed by atoms with E-state index in [1.807, 2.05) is 45.9 Å². The Morgan fingerprint density at radius 2 is 1.94 bits per heavy atom. The van der Waals surface area contributed by atoms with Crippen LogP contribution in [0.25, 0.3) is 5.57 Å². The fourth-order valence-electron chi connectivity index (χ4n) is 3.99. The van der Waals surface area contributed by atoms with Crippen molar-refractivity contribution in [1.82, 2.24) is 15.1 Å². The van der Waals surface area contributed by atoms with Crippen molar-refractivity contribution in [2.45, 2.75) is 70.8 Å². The average molecular weight is 436 g/mol. The molecule has 2 heterocycles. The molecule has 0 radical (unpaired) electrons. The van der Waals surface area contributed by atoms with E-state index in [4.69, 9.17) is 4.74 Å². The van der Waals surface area contributed by atoms with Crippen LogP contribution in [0.15, 0.2) is 36.4 Å². The summed E-state index contributed by atoms with van der Waals surface area (Å²) >= 11 is 0. The Morgan fingerprint density at radius 1 is 1.22 bits per heavy atom. The minimum atomic E-state index is -0.484. The van der Waals surface area contributed by atoms with Crippen LogP contribution in [0.1, 0.15) is 81.3 Å². The quantitative estimate of drug-likeness (QED) is 0.674. The third kappa shape index (κ3) is 5.47. The van der Waals surface area contributed by atoms with Gasteiger partial charge in [-0.1, -0.05) is 37.3 Å². The van der Waals surface area contributed by atoms with Crippen LogP contribution in [0.2, 0.25) is 0 Å². The first-order valence-corrected chi connectivity index (χ1v) is 11.5. The highest BCUT2D eigenvalue weighted by Gasteiger charge is 2.27. The van der Waals surface area contributed by atoms with Crippen LogP contribution >= 0.6 is 0 Å². The molecule has 1 atom stereocenters. The summed E-state index contributed by atoms with van der Waals surface area (Å²) < 4.78 is 5.46. The number of nitrogens with zero attached hydrogens (tertiary/aromatic N) is 2. The molecule has 1 N–H and O–H groups in total. The van der Waals surface area contributed by atoms with E-state index in [0.717, 1.165) is 28.9 Å². The summed E-state index contributed by atoms with van der Waals surface area (Å²) in [6, 6.07) is 10.3. The number of benzene rings is 1. The van der Waals surface area contributed by atoms with Crippen LogP contribution in [0.3, 0.4) is 0 Å². The lowest BCUT2D eigenvalue weighted by Gasteiger charge is -2.29. The van der Waals surface area contributed by atoms with Gasteiger partial charge in [0.05, 0.1) is 5.69 Å². The molecule has 1 aromatic carbocycles. The van der Waals surface area contributed by atoms with Crippen molar-refractivity contribution in [3.05, 3.63) is 58.9 Å². The lowest BCUT2D eigenvalue weighted by molar-refractivity contribution is -0.119. The van der Waals surface area contributed by atoms with Crippen molar-refractivity contribution in [2.75, 3.05) is 13.1 Å². The van der Waals surface area contributed by atoms with Gasteiger partial charge in [-0.15, -0.1) is 0 Å². The Balaban J connectivity index is 1.34. The molecule has 0 spiro atoms. The molecule has 32 heavy (non-hydrogen) atoms. The van der Waals surface area contributed by atoms with Crippen LogP contribution in [-0.2, 0) is 16.0 Å². The standard InChI is InChI=1S/C26H33N3O3/c1-17(24(30)16-22-15-23(28-27-22)21-9-10-21)18-5-7-19(8-6-18)20-11-13-29(14-12-20)25(31)32-26(2,3)4/h5-8,11,15,17,21H,9-10,12-14,16H2,1-4H3,(H,27,28). The molecular weight excluding hydrogens is 402 g/mol. The maximum absolute atomic E-state index is 12.8. The lowest BCUT2D eigenvalue weighted by atomic mass is 9.91. The second-order valence-electron chi connectivity index (χ2n) is 9.98. The summed E-state index contributed by atoms with van der Waals surface area (Å²) in [5, 5.41) is 7.37. The summed E-state index contributed by atoms with van der Waals surface area (Å²) in [5.41, 5.74) is 4.90. The zero-order chi connectivity index (χ0) is 22.9. The van der Waals surface area contributed by atoms with Crippen molar-refractivity contribution in [3.8, 4) is 0 Å². The molecule has 1 fully saturated rings. The molecule has 2 aromatic rings. The summed E-state index contributed by atoms with van der Waals surface area (Å²) in [6.45, 7) is 8.80. The van der Waals surface area contributed by atoms with Crippen molar-refractivity contribution < 1.29 is 14.3 Å². The molecule has 0 saturated heterocycles. The Morgan fingerprint density at radius 3 is 2.53 bits per heavy atom. The topological polar surface area (TPSA) is 75.3 Å². The third-order valence-corrected chi connectivity index (χ3v) is 6.14. The molecule has 6 nitrogen and oxygen atoms in total. The van der Waals surface area contributed by atoms with E-state index >= 15 is 0 Å². The highest BCUT2D eigenvalue weighted by atomic mass is 16.6. The first kappa shape index (κ1) is 22.3. The van der Waals surface area contributed by atoms with Gasteiger partial charge in [-0.3, -0.25) is 9.89 Å². The Kier molecular flexibility index (Phi) is 6.22. The predicted molar refractivity (Wildman–Crippen MR) is 125 cm³/mol. The van der Waals surface area contributed by atoms with Crippen molar-refractivity contribution in [2.24, 2.45) is 0 Å². The Hall–Kier alpha value is -2.89. The van der Waals surface area contributed by atoms with Crippen molar-refractivity contribution in [3.63, 3.8) is 0 Å². The van der Waals surface area contributed by atoms with E-state index in [9.17, 15) is 9.59 Å². The summed E-state index contributed by atoms with van der Waals surface area (Å²) in [5.74, 6) is 0.610. The molecule has 170 valence electrons. The number of Topliss-reactive ketones (excluding diaryl/α,β-unsaturated/α-hetero) is 1. The van der Waals surface area contributed by atoms with Gasteiger partial charge in [-0.2, -0.15) is 5.10 Å². The Labute approximate surface area is 190 Å². The summed E-state index contributed by atoms with van der Waals surface area (Å²) in [6.07, 6.45) is 5.40. The van der Waals surface area contributed by atoms with E-state index in [0.29, 0.717) is 25.4 Å². The average Bonchev–Trinajstić information content (AvgIpc) is 3.51. The summed E-state index contributed by atoms with van der Waals surface area (Å²) in [4.78, 5) is 26.8. The fourth-order valence-corrected chi connectivity index (χ4v) is 3.99. The van der Waals surface area contributed by atoms with Crippen LogP contribution in [0, 0.1) is 0 Å². The number of aromatic amines is 1. The van der Waals surface area contributed by atoms with Crippen LogP contribution in [0.5, 0.6) is 0 Å². The number of ether oxygens (including phenoxy) is 1. The number of ketones is 1. The van der Waals surface area contributed by atoms with Crippen LogP contribution in [-0.4, -0.2) is 45.7 Å². The van der Waals surface area contributed by atoms with E-state index in [2.05, 4.69) is 28.4 Å². The Bertz CT molecular complexity index is 1010. The predicted octanol–water partition coefficient (Wildman–Crippen LogP) is 5.23. The molecule has 1 unspecified atom stereocenters. The molecule has 1 amide bonds. The first-order valence-electron chi connectivity index (χ1n) is 11.5. The molecule has 4 rings (SSSR count). The SMILES string of the molecule is CC(C(=O)Cc1cc(C2CC2)n[nH]1)c1ccc(C2=CCN(C(=O)OC(C)(C)C)CC2)cc1. The largest absolute Gasteiger partial charge is 0.444 e. The molecule has 0 bridgehead atoms. The molecular formula is C26H33N3O3. The van der Waals surface area contributed by atoms with Crippen LogP contribution in [0.4, 0.5) is 4.79 Å². The number of hydrogen-bond acceptors (Lipinski definition) is 4. The van der Waals surface area contributed by atoms with E-state index in [1.165, 1.54) is 18.4 Å². The van der Waals surface area contributed by atoms with Gasteiger partial charge in [0.2, 0.25) is 0 Å². The van der Waals surface area contributed by atoms with Gasteiger partial charge < -0.3 is 9.64 Å². The van der Waals surface area contributed by atoms with Crippen molar-refractivity contribution >= 4 is 17.4 Å². The number of carbonyl (C=O) groups is 2. The van der Waals surface area contributed by atoms with Gasteiger partial charge in [0, 0.05) is 37.0 Å². The van der Waals surface area contributed by atoms with Gasteiger partial charge in [0.1, 0.15) is 11.4 Å². The normalized spacial score (nSPS) is 17.6. The zero-order valence-corrected chi connectivity index (χ0v) is 19.5. The first-order chi connectivity index (χ1) is 15.2. The second kappa shape index (κ2) is 8.93. The number of amides is 1. The van der Waals surface area contributed by atoms with Gasteiger partial charge in [-0.05, 0) is 62.8 Å². The van der Waals surface area contributed by atoms with E-state index in [-0.39, 0.29) is 17.8 Å². The smallest absolute Gasteiger partial charge is 0.410 e. The number of hydrogen-bond donors (Lipinski definition) is 1. The third-order valence-electron chi connectivity index (χ3n) is 6.14. The number of rotatable bonds is 6. The summed E-state index contributed by atoms with van der Waals surface area (Å²) in [7, 11) is 0. The van der Waals surface area contributed by atoms with Crippen molar-refractivity contribution in [1.29, 1.82) is 0 Å². The minimum Gasteiger partial charge on any atom is -0.444 e. The molecule has 1 aliphatic heterocycles. The van der Waals surface area contributed by atoms with Gasteiger partial charge >= 0.3 is 6.09 Å². The highest BCUT2D eigenvalue weighted by Crippen LogP contribution is 2.39. The van der Waals surface area contributed by atoms with E-state index < -0.39 is 5.60 Å². The van der Waals surface area contributed by atoms with E-state index in [1.54, 1.807) is 4.90 Å². The second-order valence-corrected chi connectivity index (χ2v) is 9.98. The maximum atomic E-state index is 12.8. The molecule has 2 aliphatic rings. The molecule has 1 aliphatic carbocycles. The van der Waals surface area contributed by atoms with Crippen LogP contribution < -0.4 is 0 Å². The minimum absolute atomic E-state index is 0.167. The fraction of sp³-hybridized carbons (Fsp3) is 0.500. The lowest BCUT2D eigenvalue weighted by Crippen LogP contribution is -2.39. The molecule has 1 saturated carbocycles. The zero-order valence-electron chi connectivity index (χ0n) is 19.5. The number of H-pyrrole nitrogens is 1. The molecule has 1 aromatic heterocycles. The van der Waals surface area contributed by atoms with Gasteiger partial charge in [0.15, 0.2) is 0 Å². The maximum Gasteiger partial charge on any atom is 0.410 e. The highest BCUT2D eigenvalue weighted by molar-refractivity contribution is 5.87. The number of aromatic nitrogens is 2. The monoisotopic (exact) mass is 435 g/mol. The van der Waals surface area contributed by atoms with Gasteiger partial charge in [-0.25, -0.2) is 4.79 Å². The number of nitrogens with one attached hydrogen (secondary N) is 1. The van der Waals surface area contributed by atoms with Gasteiger partial charge in [0.25, 0.3) is 0 Å².